The number of nitro groups is 1. The molecule has 0 amide bonds. The number of hydrogen-bond acceptors (Lipinski definition) is 6. The average Bonchev–Trinajstić information content (AvgIpc) is 2.76. The summed E-state index contributed by atoms with van der Waals surface area (Å²) in [5.74, 6) is -0.315. The second-order valence-corrected chi connectivity index (χ2v) is 8.81. The van der Waals surface area contributed by atoms with Crippen LogP contribution < -0.4 is 4.72 Å². The summed E-state index contributed by atoms with van der Waals surface area (Å²) in [5.41, 5.74) is -0.510. The molecular formula is C11H14N2O6S2. The van der Waals surface area contributed by atoms with Crippen molar-refractivity contribution in [2.24, 2.45) is 5.92 Å². The van der Waals surface area contributed by atoms with Gasteiger partial charge in [-0.25, -0.2) is 21.6 Å². The van der Waals surface area contributed by atoms with Gasteiger partial charge in [0.25, 0.3) is 5.69 Å². The maximum Gasteiger partial charge on any atom is 0.289 e. The molecule has 1 aliphatic heterocycles. The number of sulfone groups is 1. The molecule has 0 spiro atoms. The summed E-state index contributed by atoms with van der Waals surface area (Å²) in [6.07, 6.45) is 0.391. The van der Waals surface area contributed by atoms with Gasteiger partial charge in [0.1, 0.15) is 0 Å². The van der Waals surface area contributed by atoms with Crippen LogP contribution in [0.3, 0.4) is 0 Å². The fourth-order valence-electron chi connectivity index (χ4n) is 2.17. The van der Waals surface area contributed by atoms with E-state index in [-0.39, 0.29) is 24.0 Å². The first-order valence-corrected chi connectivity index (χ1v) is 9.45. The lowest BCUT2D eigenvalue weighted by Gasteiger charge is -2.10. The van der Waals surface area contributed by atoms with Crippen LogP contribution in [0, 0.1) is 16.0 Å². The predicted molar refractivity (Wildman–Crippen MR) is 75.0 cm³/mol. The number of rotatable bonds is 5. The maximum absolute atomic E-state index is 12.1. The van der Waals surface area contributed by atoms with Crippen LogP contribution in [-0.2, 0) is 19.9 Å². The normalized spacial score (nSPS) is 21.2. The summed E-state index contributed by atoms with van der Waals surface area (Å²) < 4.78 is 49.1. The van der Waals surface area contributed by atoms with E-state index in [1.54, 1.807) is 0 Å². The molecule has 116 valence electrons. The predicted octanol–water partition coefficient (Wildman–Crippen LogP) is 0.308. The van der Waals surface area contributed by atoms with Gasteiger partial charge in [-0.3, -0.25) is 10.1 Å². The first-order valence-electron chi connectivity index (χ1n) is 6.15. The molecule has 1 aliphatic rings. The van der Waals surface area contributed by atoms with Gasteiger partial charge >= 0.3 is 0 Å². The van der Waals surface area contributed by atoms with Gasteiger partial charge < -0.3 is 0 Å². The van der Waals surface area contributed by atoms with Gasteiger partial charge in [-0.15, -0.1) is 0 Å². The van der Waals surface area contributed by atoms with Crippen molar-refractivity contribution in [3.05, 3.63) is 34.4 Å². The Morgan fingerprint density at radius 1 is 1.33 bits per heavy atom. The fourth-order valence-corrected chi connectivity index (χ4v) is 5.32. The Balaban J connectivity index is 2.15. The largest absolute Gasteiger partial charge is 0.289 e. The molecule has 1 atom stereocenters. The minimum Gasteiger partial charge on any atom is -0.258 e. The van der Waals surface area contributed by atoms with E-state index in [0.717, 1.165) is 12.1 Å². The molecule has 1 saturated heterocycles. The number of nitrogens with zero attached hydrogens (tertiary/aromatic N) is 1. The summed E-state index contributed by atoms with van der Waals surface area (Å²) in [7, 11) is -7.14. The Hall–Kier alpha value is -1.52. The number of para-hydroxylation sites is 1. The third-order valence-electron chi connectivity index (χ3n) is 3.24. The summed E-state index contributed by atoms with van der Waals surface area (Å²) in [6.45, 7) is -0.0480. The second-order valence-electron chi connectivity index (χ2n) is 4.85. The van der Waals surface area contributed by atoms with Crippen LogP contribution in [0.4, 0.5) is 5.69 Å². The summed E-state index contributed by atoms with van der Waals surface area (Å²) in [4.78, 5) is 9.66. The Labute approximate surface area is 122 Å². The molecule has 10 heteroatoms. The monoisotopic (exact) mass is 334 g/mol. The zero-order valence-electron chi connectivity index (χ0n) is 10.9. The summed E-state index contributed by atoms with van der Waals surface area (Å²) in [6, 6.07) is 5.02. The second kappa shape index (κ2) is 5.70. The van der Waals surface area contributed by atoms with Crippen molar-refractivity contribution in [3.63, 3.8) is 0 Å². The number of nitro benzene ring substituents is 1. The quantitative estimate of drug-likeness (QED) is 0.610. The van der Waals surface area contributed by atoms with Gasteiger partial charge in [-0.05, 0) is 18.4 Å². The van der Waals surface area contributed by atoms with Gasteiger partial charge in [-0.1, -0.05) is 12.1 Å². The van der Waals surface area contributed by atoms with Crippen molar-refractivity contribution in [1.29, 1.82) is 0 Å². The maximum atomic E-state index is 12.1. The number of benzene rings is 1. The van der Waals surface area contributed by atoms with E-state index in [9.17, 15) is 26.9 Å². The van der Waals surface area contributed by atoms with Crippen molar-refractivity contribution < 1.29 is 21.8 Å². The van der Waals surface area contributed by atoms with E-state index in [1.807, 2.05) is 0 Å². The molecule has 1 aromatic rings. The molecule has 1 aromatic carbocycles. The van der Waals surface area contributed by atoms with Gasteiger partial charge in [-0.2, -0.15) is 0 Å². The third-order valence-corrected chi connectivity index (χ3v) is 6.55. The lowest BCUT2D eigenvalue weighted by atomic mass is 10.1. The van der Waals surface area contributed by atoms with Crippen LogP contribution in [0.5, 0.6) is 0 Å². The van der Waals surface area contributed by atoms with Crippen molar-refractivity contribution in [1.82, 2.24) is 4.72 Å². The molecule has 0 aliphatic carbocycles. The highest BCUT2D eigenvalue weighted by Gasteiger charge is 2.30. The van der Waals surface area contributed by atoms with E-state index >= 15 is 0 Å². The summed E-state index contributed by atoms with van der Waals surface area (Å²) >= 11 is 0. The van der Waals surface area contributed by atoms with E-state index in [1.165, 1.54) is 12.1 Å². The van der Waals surface area contributed by atoms with Gasteiger partial charge in [0.05, 0.1) is 16.4 Å². The standard InChI is InChI=1S/C11H14N2O6S2/c14-13(15)10-3-1-2-4-11(10)21(18,19)12-7-9-5-6-20(16,17)8-9/h1-4,9,12H,5-8H2/t9-/m0/s1. The minimum absolute atomic E-state index is 0.0465. The Kier molecular flexibility index (Phi) is 4.30. The molecule has 1 N–H and O–H groups in total. The van der Waals surface area contributed by atoms with Crippen molar-refractivity contribution in [2.75, 3.05) is 18.1 Å². The number of nitrogens with one attached hydrogen (secondary N) is 1. The van der Waals surface area contributed by atoms with Crippen molar-refractivity contribution >= 4 is 25.5 Å². The molecule has 0 unspecified atom stereocenters. The highest BCUT2D eigenvalue weighted by atomic mass is 32.2. The zero-order valence-corrected chi connectivity index (χ0v) is 12.6. The molecule has 0 radical (unpaired) electrons. The average molecular weight is 334 g/mol. The van der Waals surface area contributed by atoms with Crippen LogP contribution in [0.1, 0.15) is 6.42 Å². The third kappa shape index (κ3) is 3.77. The molecule has 0 aromatic heterocycles. The minimum atomic E-state index is -4.05. The molecule has 1 heterocycles. The fraction of sp³-hybridized carbons (Fsp3) is 0.455. The van der Waals surface area contributed by atoms with Crippen LogP contribution in [0.2, 0.25) is 0 Å². The van der Waals surface area contributed by atoms with Gasteiger partial charge in [0, 0.05) is 12.6 Å². The lowest BCUT2D eigenvalue weighted by Crippen LogP contribution is -2.30. The van der Waals surface area contributed by atoms with Gasteiger partial charge in [0.2, 0.25) is 10.0 Å². The van der Waals surface area contributed by atoms with E-state index in [0.29, 0.717) is 6.42 Å². The molecule has 0 bridgehead atoms. The van der Waals surface area contributed by atoms with Crippen molar-refractivity contribution in [2.45, 2.75) is 11.3 Å². The Bertz CT molecular complexity index is 757. The molecule has 0 saturated carbocycles. The first-order chi connectivity index (χ1) is 9.71. The van der Waals surface area contributed by atoms with Crippen LogP contribution >= 0.6 is 0 Å². The number of hydrogen-bond donors (Lipinski definition) is 1. The smallest absolute Gasteiger partial charge is 0.258 e. The molecule has 2 rings (SSSR count). The van der Waals surface area contributed by atoms with Crippen LogP contribution in [-0.4, -0.2) is 39.8 Å². The Morgan fingerprint density at radius 3 is 2.57 bits per heavy atom. The topological polar surface area (TPSA) is 123 Å². The zero-order chi connectivity index (χ0) is 15.7. The highest BCUT2D eigenvalue weighted by molar-refractivity contribution is 7.91. The molecular weight excluding hydrogens is 320 g/mol. The van der Waals surface area contributed by atoms with E-state index in [4.69, 9.17) is 0 Å². The van der Waals surface area contributed by atoms with Crippen molar-refractivity contribution in [3.8, 4) is 0 Å². The molecule has 8 nitrogen and oxygen atoms in total. The first kappa shape index (κ1) is 15.9. The lowest BCUT2D eigenvalue weighted by molar-refractivity contribution is -0.387. The van der Waals surface area contributed by atoms with Gasteiger partial charge in [0.15, 0.2) is 14.7 Å². The number of sulfonamides is 1. The molecule has 21 heavy (non-hydrogen) atoms. The summed E-state index contributed by atoms with van der Waals surface area (Å²) in [5, 5.41) is 10.8. The van der Waals surface area contributed by atoms with E-state index in [2.05, 4.69) is 4.72 Å². The molecule has 1 fully saturated rings. The van der Waals surface area contributed by atoms with Crippen LogP contribution in [0.25, 0.3) is 0 Å². The highest BCUT2D eigenvalue weighted by Crippen LogP contribution is 2.23. The Morgan fingerprint density at radius 2 is 2.00 bits per heavy atom. The van der Waals surface area contributed by atoms with E-state index < -0.39 is 35.4 Å². The van der Waals surface area contributed by atoms with Crippen LogP contribution in [0.15, 0.2) is 29.2 Å². The SMILES string of the molecule is O=[N+]([O-])c1ccccc1S(=O)(=O)NC[C@@H]1CCS(=O)(=O)C1.